The van der Waals surface area contributed by atoms with Crippen molar-refractivity contribution in [3.8, 4) is 0 Å². The number of aromatic nitrogens is 1. The van der Waals surface area contributed by atoms with Crippen molar-refractivity contribution in [2.45, 2.75) is 42.8 Å². The Bertz CT molecular complexity index is 611. The fourth-order valence-corrected chi connectivity index (χ4v) is 3.91. The first-order valence-electron chi connectivity index (χ1n) is 6.62. The van der Waals surface area contributed by atoms with Crippen molar-refractivity contribution >= 4 is 44.9 Å². The predicted molar refractivity (Wildman–Crippen MR) is 87.2 cm³/mol. The summed E-state index contributed by atoms with van der Waals surface area (Å²) in [5.74, 6) is 0.0584. The van der Waals surface area contributed by atoms with Crippen LogP contribution in [0.15, 0.2) is 22.5 Å². The van der Waals surface area contributed by atoms with Gasteiger partial charge in [-0.15, -0.1) is 11.3 Å². The minimum Gasteiger partial charge on any atom is -0.399 e. The molecule has 1 aromatic carbocycles. The van der Waals surface area contributed by atoms with Gasteiger partial charge < -0.3 is 11.1 Å². The van der Waals surface area contributed by atoms with E-state index in [4.69, 9.17) is 5.73 Å². The highest BCUT2D eigenvalue weighted by Gasteiger charge is 2.18. The summed E-state index contributed by atoms with van der Waals surface area (Å²) in [6, 6.07) is 5.88. The number of fused-ring (bicyclic) bond motifs is 1. The molecule has 108 valence electrons. The molecule has 2 rings (SSSR count). The number of amides is 1. The molecule has 1 aromatic heterocycles. The number of nitrogens with zero attached hydrogens (tertiary/aromatic N) is 1. The number of nitrogens with one attached hydrogen (secondary N) is 1. The zero-order chi connectivity index (χ0) is 14.7. The first-order valence-corrected chi connectivity index (χ1v) is 8.32. The lowest BCUT2D eigenvalue weighted by molar-refractivity contribution is -0.120. The maximum absolute atomic E-state index is 12.0. The predicted octanol–water partition coefficient (Wildman–Crippen LogP) is 3.27. The first kappa shape index (κ1) is 15.1. The minimum atomic E-state index is -0.151. The van der Waals surface area contributed by atoms with E-state index >= 15 is 0 Å². The van der Waals surface area contributed by atoms with Crippen molar-refractivity contribution in [1.82, 2.24) is 10.3 Å². The van der Waals surface area contributed by atoms with Crippen molar-refractivity contribution in [1.29, 1.82) is 0 Å². The van der Waals surface area contributed by atoms with Gasteiger partial charge in [0.05, 0.1) is 15.5 Å². The molecule has 0 radical (unpaired) electrons. The van der Waals surface area contributed by atoms with Crippen LogP contribution in [0.5, 0.6) is 0 Å². The summed E-state index contributed by atoms with van der Waals surface area (Å²) in [7, 11) is 0. The molecule has 2 atom stereocenters. The van der Waals surface area contributed by atoms with Crippen LogP contribution in [-0.4, -0.2) is 22.2 Å². The SMILES string of the molecule is CCC(C)NC(=O)C(C)Sc1nc2ccc(N)cc2s1. The molecular weight excluding hydrogens is 290 g/mol. The van der Waals surface area contributed by atoms with E-state index in [1.165, 1.54) is 11.8 Å². The Kier molecular flexibility index (Phi) is 4.88. The van der Waals surface area contributed by atoms with Gasteiger partial charge in [0.25, 0.3) is 0 Å². The number of nitrogen functional groups attached to an aromatic ring is 1. The molecule has 4 nitrogen and oxygen atoms in total. The van der Waals surface area contributed by atoms with E-state index in [-0.39, 0.29) is 17.2 Å². The molecule has 3 N–H and O–H groups in total. The number of nitrogens with two attached hydrogens (primary N) is 1. The molecule has 2 unspecified atom stereocenters. The molecule has 2 aromatic rings. The number of thioether (sulfide) groups is 1. The minimum absolute atomic E-state index is 0.0584. The van der Waals surface area contributed by atoms with Gasteiger partial charge in [0.15, 0.2) is 4.34 Å². The second kappa shape index (κ2) is 6.45. The number of benzene rings is 1. The van der Waals surface area contributed by atoms with E-state index in [9.17, 15) is 4.79 Å². The van der Waals surface area contributed by atoms with Crippen LogP contribution in [0.4, 0.5) is 5.69 Å². The smallest absolute Gasteiger partial charge is 0.233 e. The van der Waals surface area contributed by atoms with Crippen molar-refractivity contribution in [2.24, 2.45) is 0 Å². The zero-order valence-electron chi connectivity index (χ0n) is 11.8. The monoisotopic (exact) mass is 309 g/mol. The second-order valence-electron chi connectivity index (χ2n) is 4.78. The van der Waals surface area contributed by atoms with Crippen LogP contribution < -0.4 is 11.1 Å². The Morgan fingerprint density at radius 2 is 2.25 bits per heavy atom. The molecule has 0 aliphatic carbocycles. The van der Waals surface area contributed by atoms with Crippen LogP contribution >= 0.6 is 23.1 Å². The molecule has 6 heteroatoms. The van der Waals surface area contributed by atoms with Gasteiger partial charge in [0.1, 0.15) is 0 Å². The zero-order valence-corrected chi connectivity index (χ0v) is 13.5. The average Bonchev–Trinajstić information content (AvgIpc) is 2.79. The van der Waals surface area contributed by atoms with Crippen molar-refractivity contribution < 1.29 is 4.79 Å². The van der Waals surface area contributed by atoms with Gasteiger partial charge in [-0.2, -0.15) is 0 Å². The number of carbonyl (C=O) groups is 1. The average molecular weight is 309 g/mol. The molecule has 0 fully saturated rings. The van der Waals surface area contributed by atoms with Gasteiger partial charge in [-0.25, -0.2) is 4.98 Å². The molecule has 0 aliphatic rings. The number of hydrogen-bond acceptors (Lipinski definition) is 5. The quantitative estimate of drug-likeness (QED) is 0.657. The number of carbonyl (C=O) groups excluding carboxylic acids is 1. The molecule has 0 aliphatic heterocycles. The fraction of sp³-hybridized carbons (Fsp3) is 0.429. The number of rotatable bonds is 5. The molecule has 0 saturated heterocycles. The Labute approximate surface area is 127 Å². The van der Waals surface area contributed by atoms with Crippen LogP contribution in [-0.2, 0) is 4.79 Å². The van der Waals surface area contributed by atoms with E-state index in [0.29, 0.717) is 0 Å². The third-order valence-corrected chi connectivity index (χ3v) is 5.25. The molecule has 1 heterocycles. The molecule has 20 heavy (non-hydrogen) atoms. The van der Waals surface area contributed by atoms with Crippen LogP contribution in [0, 0.1) is 0 Å². The standard InChI is InChI=1S/C14H19N3OS2/c1-4-8(2)16-13(18)9(3)19-14-17-11-6-5-10(15)7-12(11)20-14/h5-9H,4,15H2,1-3H3,(H,16,18). The lowest BCUT2D eigenvalue weighted by Gasteiger charge is -2.14. The van der Waals surface area contributed by atoms with Crippen molar-refractivity contribution in [2.75, 3.05) is 5.73 Å². The summed E-state index contributed by atoms with van der Waals surface area (Å²) in [4.78, 5) is 16.5. The first-order chi connectivity index (χ1) is 9.49. The highest BCUT2D eigenvalue weighted by Crippen LogP contribution is 2.32. The summed E-state index contributed by atoms with van der Waals surface area (Å²) >= 11 is 3.06. The van der Waals surface area contributed by atoms with Gasteiger partial charge in [0, 0.05) is 11.7 Å². The Morgan fingerprint density at radius 3 is 2.95 bits per heavy atom. The summed E-state index contributed by atoms with van der Waals surface area (Å²) in [6.45, 7) is 5.97. The molecule has 0 saturated carbocycles. The van der Waals surface area contributed by atoms with Gasteiger partial charge in [-0.05, 0) is 38.5 Å². The highest BCUT2D eigenvalue weighted by atomic mass is 32.2. The summed E-state index contributed by atoms with van der Waals surface area (Å²) in [5.41, 5.74) is 7.43. The molecule has 1 amide bonds. The van der Waals surface area contributed by atoms with Gasteiger partial charge in [0.2, 0.25) is 5.91 Å². The summed E-state index contributed by atoms with van der Waals surface area (Å²) in [6.07, 6.45) is 0.934. The van der Waals surface area contributed by atoms with Gasteiger partial charge in [-0.1, -0.05) is 18.7 Å². The third kappa shape index (κ3) is 3.64. The maximum Gasteiger partial charge on any atom is 0.233 e. The topological polar surface area (TPSA) is 68.0 Å². The van der Waals surface area contributed by atoms with Crippen LogP contribution in [0.25, 0.3) is 10.2 Å². The molecular formula is C14H19N3OS2. The summed E-state index contributed by atoms with van der Waals surface area (Å²) < 4.78 is 1.96. The molecule has 0 bridgehead atoms. The lowest BCUT2D eigenvalue weighted by atomic mass is 10.2. The number of anilines is 1. The van der Waals surface area contributed by atoms with Crippen LogP contribution in [0.1, 0.15) is 27.2 Å². The van der Waals surface area contributed by atoms with E-state index in [0.717, 1.165) is 26.7 Å². The molecule has 0 spiro atoms. The van der Waals surface area contributed by atoms with E-state index < -0.39 is 0 Å². The summed E-state index contributed by atoms with van der Waals surface area (Å²) in [5, 5.41) is 2.84. The lowest BCUT2D eigenvalue weighted by Crippen LogP contribution is -2.37. The maximum atomic E-state index is 12.0. The highest BCUT2D eigenvalue weighted by molar-refractivity contribution is 8.02. The Morgan fingerprint density at radius 1 is 1.50 bits per heavy atom. The van der Waals surface area contributed by atoms with Crippen molar-refractivity contribution in [3.63, 3.8) is 0 Å². The van der Waals surface area contributed by atoms with E-state index in [1.807, 2.05) is 32.0 Å². The van der Waals surface area contributed by atoms with Crippen molar-refractivity contribution in [3.05, 3.63) is 18.2 Å². The second-order valence-corrected chi connectivity index (χ2v) is 7.40. The van der Waals surface area contributed by atoms with Gasteiger partial charge in [-0.3, -0.25) is 4.79 Å². The van der Waals surface area contributed by atoms with Crippen LogP contribution in [0.2, 0.25) is 0 Å². The van der Waals surface area contributed by atoms with E-state index in [2.05, 4.69) is 17.2 Å². The largest absolute Gasteiger partial charge is 0.399 e. The Balaban J connectivity index is 2.05. The normalized spacial score (nSPS) is 14.2. The number of thiazole rings is 1. The Hall–Kier alpha value is -1.27. The van der Waals surface area contributed by atoms with Crippen LogP contribution in [0.3, 0.4) is 0 Å². The van der Waals surface area contributed by atoms with Gasteiger partial charge >= 0.3 is 0 Å². The number of hydrogen-bond donors (Lipinski definition) is 2. The van der Waals surface area contributed by atoms with E-state index in [1.54, 1.807) is 11.3 Å². The fourth-order valence-electron chi connectivity index (χ4n) is 1.64. The third-order valence-electron chi connectivity index (χ3n) is 3.04.